The Morgan fingerprint density at radius 1 is 1.13 bits per heavy atom. The number of likely N-dealkylation sites (N-methyl/N-ethyl adjacent to an activating group) is 1. The minimum absolute atomic E-state index is 0.0153. The van der Waals surface area contributed by atoms with E-state index < -0.39 is 34.1 Å². The van der Waals surface area contributed by atoms with Crippen LogP contribution in [-0.4, -0.2) is 88.1 Å². The molecule has 3 amide bonds. The second-order valence-corrected chi connectivity index (χ2v) is 12.6. The van der Waals surface area contributed by atoms with Crippen molar-refractivity contribution < 1.29 is 42.1 Å². The number of anilines is 2. The van der Waals surface area contributed by atoms with Crippen LogP contribution in [0.4, 0.5) is 16.2 Å². The summed E-state index contributed by atoms with van der Waals surface area (Å²) in [5.41, 5.74) is 0.686. The minimum Gasteiger partial charge on any atom is -0.497 e. The van der Waals surface area contributed by atoms with Gasteiger partial charge in [-0.3, -0.25) is 9.52 Å². The molecule has 2 aliphatic rings. The second-order valence-electron chi connectivity index (χ2n) is 11.0. The van der Waals surface area contributed by atoms with Crippen molar-refractivity contribution in [3.8, 4) is 23.0 Å². The van der Waals surface area contributed by atoms with Gasteiger partial charge in [-0.2, -0.15) is 0 Å². The molecule has 0 aliphatic carbocycles. The van der Waals surface area contributed by atoms with Gasteiger partial charge in [-0.15, -0.1) is 0 Å². The van der Waals surface area contributed by atoms with E-state index in [0.29, 0.717) is 22.9 Å². The number of methoxy groups -OCH3 is 1. The highest BCUT2D eigenvalue weighted by Crippen LogP contribution is 2.37. The first-order valence-corrected chi connectivity index (χ1v) is 15.8. The zero-order valence-electron chi connectivity index (χ0n) is 25.3. The van der Waals surface area contributed by atoms with Crippen molar-refractivity contribution in [2.75, 3.05) is 50.7 Å². The Morgan fingerprint density at radius 2 is 1.87 bits per heavy atom. The Labute approximate surface area is 261 Å². The Kier molecular flexibility index (Phi) is 9.25. The number of carbonyl (C=O) groups is 2. The maximum absolute atomic E-state index is 13.8. The fourth-order valence-electron chi connectivity index (χ4n) is 5.05. The van der Waals surface area contributed by atoms with Crippen molar-refractivity contribution in [2.45, 2.75) is 30.9 Å². The van der Waals surface area contributed by atoms with Crippen molar-refractivity contribution in [1.82, 2.24) is 9.80 Å². The Hall–Kier alpha value is -4.69. The van der Waals surface area contributed by atoms with Gasteiger partial charge in [-0.05, 0) is 55.5 Å². The number of nitrogens with zero attached hydrogens (tertiary/aromatic N) is 2. The summed E-state index contributed by atoms with van der Waals surface area (Å²) < 4.78 is 51.6. The monoisotopic (exact) mass is 640 g/mol. The third kappa shape index (κ3) is 6.86. The topological polar surface area (TPSA) is 156 Å². The molecule has 3 aromatic rings. The first kappa shape index (κ1) is 31.7. The van der Waals surface area contributed by atoms with Crippen molar-refractivity contribution in [2.24, 2.45) is 5.92 Å². The first-order valence-electron chi connectivity index (χ1n) is 14.3. The quantitative estimate of drug-likeness (QED) is 0.318. The molecule has 0 saturated heterocycles. The van der Waals surface area contributed by atoms with Crippen molar-refractivity contribution in [3.05, 3.63) is 66.2 Å². The number of nitrogens with one attached hydrogen (secondary N) is 2. The highest BCUT2D eigenvalue weighted by Gasteiger charge is 2.35. The highest BCUT2D eigenvalue weighted by atomic mass is 32.2. The van der Waals surface area contributed by atoms with Crippen LogP contribution in [0, 0.1) is 5.92 Å². The summed E-state index contributed by atoms with van der Waals surface area (Å²) >= 11 is 0. The lowest BCUT2D eigenvalue weighted by atomic mass is 9.99. The highest BCUT2D eigenvalue weighted by molar-refractivity contribution is 7.92. The number of amides is 3. The largest absolute Gasteiger partial charge is 0.497 e. The van der Waals surface area contributed by atoms with E-state index >= 15 is 0 Å². The molecule has 3 aromatic carbocycles. The van der Waals surface area contributed by atoms with Crippen molar-refractivity contribution in [1.29, 1.82) is 0 Å². The van der Waals surface area contributed by atoms with Crippen LogP contribution in [-0.2, 0) is 10.0 Å². The van der Waals surface area contributed by atoms with E-state index in [1.165, 1.54) is 47.2 Å². The fourth-order valence-corrected chi connectivity index (χ4v) is 6.11. The standard InChI is InChI=1S/C31H36N4O9S/c1-19-15-35(20(2)17-36)30(37)24-6-5-7-25(33-45(39,40)23-11-9-22(41-4)10-12-23)29(24)44-28(19)16-34(3)31(38)32-21-8-13-26-27(14-21)43-18-42-26/h5-14,19-20,28,33,36H,15-18H2,1-4H3,(H,32,38)/t19-,20-,28+/m0/s1. The summed E-state index contributed by atoms with van der Waals surface area (Å²) in [5, 5.41) is 12.8. The van der Waals surface area contributed by atoms with Crippen LogP contribution in [0.1, 0.15) is 24.2 Å². The number of aliphatic hydroxyl groups is 1. The average Bonchev–Trinajstić information content (AvgIpc) is 3.50. The Morgan fingerprint density at radius 3 is 2.58 bits per heavy atom. The molecule has 2 heterocycles. The third-order valence-electron chi connectivity index (χ3n) is 7.73. The summed E-state index contributed by atoms with van der Waals surface area (Å²) in [6.07, 6.45) is -0.676. The molecule has 0 unspecified atom stereocenters. The van der Waals surface area contributed by atoms with E-state index in [4.69, 9.17) is 18.9 Å². The predicted octanol–water partition coefficient (Wildman–Crippen LogP) is 3.61. The van der Waals surface area contributed by atoms with E-state index in [1.54, 1.807) is 44.3 Å². The number of para-hydroxylation sites is 1. The number of hydrogen-bond donors (Lipinski definition) is 3. The molecule has 240 valence electrons. The predicted molar refractivity (Wildman–Crippen MR) is 166 cm³/mol. The molecule has 2 aliphatic heterocycles. The van der Waals surface area contributed by atoms with Crippen LogP contribution < -0.4 is 29.0 Å². The summed E-state index contributed by atoms with van der Waals surface area (Å²) in [6, 6.07) is 14.6. The molecular weight excluding hydrogens is 604 g/mol. The average molecular weight is 641 g/mol. The van der Waals surface area contributed by atoms with Gasteiger partial charge < -0.3 is 39.2 Å². The molecular formula is C31H36N4O9S. The molecule has 13 nitrogen and oxygen atoms in total. The van der Waals surface area contributed by atoms with Gasteiger partial charge in [0, 0.05) is 31.3 Å². The number of benzene rings is 3. The van der Waals surface area contributed by atoms with Crippen molar-refractivity contribution in [3.63, 3.8) is 0 Å². The van der Waals surface area contributed by atoms with Gasteiger partial charge in [0.25, 0.3) is 15.9 Å². The van der Waals surface area contributed by atoms with Crippen LogP contribution in [0.5, 0.6) is 23.0 Å². The van der Waals surface area contributed by atoms with E-state index in [-0.39, 0.29) is 54.3 Å². The van der Waals surface area contributed by atoms with Crippen LogP contribution in [0.25, 0.3) is 0 Å². The molecule has 14 heteroatoms. The number of rotatable bonds is 9. The summed E-state index contributed by atoms with van der Waals surface area (Å²) in [5.74, 6) is 0.882. The number of carbonyl (C=O) groups excluding carboxylic acids is 2. The molecule has 0 radical (unpaired) electrons. The van der Waals surface area contributed by atoms with Gasteiger partial charge in [0.1, 0.15) is 11.9 Å². The number of aliphatic hydroxyl groups excluding tert-OH is 1. The SMILES string of the molecule is COc1ccc(S(=O)(=O)Nc2cccc3c2O[C@H](CN(C)C(=O)Nc2ccc4c(c2)OCO4)[C@@H](C)CN([C@@H](C)CO)C3=O)cc1. The minimum atomic E-state index is -4.10. The molecule has 3 N–H and O–H groups in total. The Bertz CT molecular complexity index is 1670. The Balaban J connectivity index is 1.44. The molecule has 0 spiro atoms. The normalized spacial score (nSPS) is 18.2. The van der Waals surface area contributed by atoms with Gasteiger partial charge in [0.15, 0.2) is 17.2 Å². The number of fused-ring (bicyclic) bond motifs is 2. The van der Waals surface area contributed by atoms with E-state index in [2.05, 4.69) is 10.0 Å². The molecule has 0 bridgehead atoms. The van der Waals surface area contributed by atoms with Gasteiger partial charge >= 0.3 is 6.03 Å². The maximum atomic E-state index is 13.8. The zero-order valence-corrected chi connectivity index (χ0v) is 26.2. The first-order chi connectivity index (χ1) is 21.5. The van der Waals surface area contributed by atoms with Crippen LogP contribution in [0.15, 0.2) is 65.6 Å². The van der Waals surface area contributed by atoms with Gasteiger partial charge in [-0.1, -0.05) is 13.0 Å². The van der Waals surface area contributed by atoms with Crippen LogP contribution in [0.2, 0.25) is 0 Å². The maximum Gasteiger partial charge on any atom is 0.321 e. The summed E-state index contributed by atoms with van der Waals surface area (Å²) in [6.45, 7) is 3.74. The number of sulfonamides is 1. The lowest BCUT2D eigenvalue weighted by molar-refractivity contribution is 0.0373. The van der Waals surface area contributed by atoms with Crippen LogP contribution >= 0.6 is 0 Å². The number of ether oxygens (including phenoxy) is 4. The smallest absolute Gasteiger partial charge is 0.321 e. The molecule has 0 fully saturated rings. The van der Waals surface area contributed by atoms with Gasteiger partial charge in [0.2, 0.25) is 6.79 Å². The third-order valence-corrected chi connectivity index (χ3v) is 9.11. The summed E-state index contributed by atoms with van der Waals surface area (Å²) in [4.78, 5) is 29.9. The molecule has 45 heavy (non-hydrogen) atoms. The summed E-state index contributed by atoms with van der Waals surface area (Å²) in [7, 11) is -1.01. The lowest BCUT2D eigenvalue weighted by Crippen LogP contribution is -2.50. The number of urea groups is 1. The molecule has 3 atom stereocenters. The van der Waals surface area contributed by atoms with Gasteiger partial charge in [-0.25, -0.2) is 13.2 Å². The fraction of sp³-hybridized carbons (Fsp3) is 0.355. The van der Waals surface area contributed by atoms with E-state index in [0.717, 1.165) is 0 Å². The lowest BCUT2D eigenvalue weighted by Gasteiger charge is -2.38. The molecule has 0 saturated carbocycles. The van der Waals surface area contributed by atoms with Gasteiger partial charge in [0.05, 0.1) is 42.4 Å². The second kappa shape index (κ2) is 13.1. The molecule has 5 rings (SSSR count). The molecule has 0 aromatic heterocycles. The number of hydrogen-bond acceptors (Lipinski definition) is 9. The van der Waals surface area contributed by atoms with Crippen LogP contribution in [0.3, 0.4) is 0 Å². The zero-order chi connectivity index (χ0) is 32.3. The van der Waals surface area contributed by atoms with E-state index in [9.17, 15) is 23.1 Å². The van der Waals surface area contributed by atoms with Crippen molar-refractivity contribution >= 4 is 33.3 Å². The van der Waals surface area contributed by atoms with E-state index in [1.807, 2.05) is 6.92 Å².